The molecule has 2 heterocycles. The van der Waals surface area contributed by atoms with Gasteiger partial charge in [-0.2, -0.15) is 0 Å². The number of benzene rings is 3. The smallest absolute Gasteiger partial charge is 0.322 e. The van der Waals surface area contributed by atoms with Crippen LogP contribution in [0.2, 0.25) is 0 Å². The Bertz CT molecular complexity index is 1530. The van der Waals surface area contributed by atoms with Gasteiger partial charge in [0.2, 0.25) is 5.89 Å². The maximum atomic E-state index is 13.3. The van der Waals surface area contributed by atoms with Gasteiger partial charge in [-0.25, -0.2) is 8.42 Å². The molecule has 1 N–H and O–H groups in total. The number of hydrogen-bond acceptors (Lipinski definition) is 6. The molecule has 0 radical (unpaired) electrons. The van der Waals surface area contributed by atoms with Gasteiger partial charge in [0.15, 0.2) is 0 Å². The fourth-order valence-corrected chi connectivity index (χ4v) is 5.83. The molecule has 5 rings (SSSR count). The van der Waals surface area contributed by atoms with Gasteiger partial charge < -0.3 is 4.42 Å². The zero-order valence-corrected chi connectivity index (χ0v) is 20.9. The summed E-state index contributed by atoms with van der Waals surface area (Å²) in [6.07, 6.45) is 2.06. The number of hydrogen-bond donors (Lipinski definition) is 1. The Morgan fingerprint density at radius 1 is 1.00 bits per heavy atom. The third-order valence-corrected chi connectivity index (χ3v) is 8.21. The average Bonchev–Trinajstić information content (AvgIpc) is 3.32. The average molecular weight is 503 g/mol. The predicted octanol–water partition coefficient (Wildman–Crippen LogP) is 4.67. The fraction of sp³-hybridized carbons (Fsp3) is 0.222. The summed E-state index contributed by atoms with van der Waals surface area (Å²) in [5, 5.41) is 10.5. The highest BCUT2D eigenvalue weighted by molar-refractivity contribution is 7.92. The van der Waals surface area contributed by atoms with Gasteiger partial charge in [0.05, 0.1) is 17.0 Å². The molecule has 0 saturated heterocycles. The zero-order chi connectivity index (χ0) is 25.3. The first-order valence-corrected chi connectivity index (χ1v) is 13.2. The molecule has 36 heavy (non-hydrogen) atoms. The molecular weight excluding hydrogens is 476 g/mol. The molecule has 0 spiro atoms. The molecule has 0 unspecified atom stereocenters. The Morgan fingerprint density at radius 3 is 2.56 bits per heavy atom. The monoisotopic (exact) mass is 502 g/mol. The molecule has 0 saturated carbocycles. The van der Waals surface area contributed by atoms with Crippen molar-refractivity contribution in [1.29, 1.82) is 0 Å². The molecule has 0 atom stereocenters. The van der Waals surface area contributed by atoms with Gasteiger partial charge in [0, 0.05) is 12.1 Å². The van der Waals surface area contributed by atoms with Crippen LogP contribution in [0.15, 0.2) is 76.0 Å². The molecule has 4 aromatic rings. The van der Waals surface area contributed by atoms with E-state index < -0.39 is 15.9 Å². The molecule has 1 aliphatic rings. The summed E-state index contributed by atoms with van der Waals surface area (Å²) >= 11 is 0. The fourth-order valence-electron chi connectivity index (χ4n) is 4.29. The minimum atomic E-state index is -3.75. The van der Waals surface area contributed by atoms with Crippen LogP contribution in [-0.2, 0) is 22.9 Å². The first-order chi connectivity index (χ1) is 17.3. The summed E-state index contributed by atoms with van der Waals surface area (Å²) in [5.74, 6) is -0.0829. The zero-order valence-electron chi connectivity index (χ0n) is 20.1. The number of anilines is 2. The van der Waals surface area contributed by atoms with E-state index in [-0.39, 0.29) is 16.5 Å². The van der Waals surface area contributed by atoms with E-state index in [0.29, 0.717) is 24.5 Å². The molecule has 1 aromatic heterocycles. The van der Waals surface area contributed by atoms with Crippen molar-refractivity contribution in [2.24, 2.45) is 0 Å². The first kappa shape index (κ1) is 23.7. The van der Waals surface area contributed by atoms with Crippen molar-refractivity contribution in [2.75, 3.05) is 16.2 Å². The summed E-state index contributed by atoms with van der Waals surface area (Å²) in [4.78, 5) is 12.8. The largest absolute Gasteiger partial charge is 0.407 e. The topological polar surface area (TPSA) is 105 Å². The molecule has 1 aliphatic heterocycles. The van der Waals surface area contributed by atoms with Gasteiger partial charge in [-0.3, -0.25) is 14.4 Å². The van der Waals surface area contributed by atoms with Crippen molar-refractivity contribution >= 4 is 27.6 Å². The Morgan fingerprint density at radius 2 is 1.78 bits per heavy atom. The van der Waals surface area contributed by atoms with Gasteiger partial charge in [0.1, 0.15) is 0 Å². The Balaban J connectivity index is 1.27. The highest BCUT2D eigenvalue weighted by Crippen LogP contribution is 2.31. The lowest BCUT2D eigenvalue weighted by molar-refractivity contribution is 0.102. The van der Waals surface area contributed by atoms with Crippen LogP contribution in [0.1, 0.15) is 44.9 Å². The summed E-state index contributed by atoms with van der Waals surface area (Å²) in [5.41, 5.74) is 5.42. The van der Waals surface area contributed by atoms with Crippen molar-refractivity contribution < 1.29 is 17.6 Å². The number of fused-ring (bicyclic) bond motifs is 1. The Hall–Kier alpha value is -3.98. The number of carbonyl (C=O) groups excluding carboxylic acids is 1. The van der Waals surface area contributed by atoms with E-state index >= 15 is 0 Å². The van der Waals surface area contributed by atoms with Crippen LogP contribution in [-0.4, -0.2) is 31.1 Å². The van der Waals surface area contributed by atoms with Crippen molar-refractivity contribution in [3.05, 3.63) is 100 Å². The second kappa shape index (κ2) is 9.58. The van der Waals surface area contributed by atoms with Crippen LogP contribution in [0, 0.1) is 13.8 Å². The SMILES string of the molecule is Cc1ccc(Cc2nnc(NC(=O)c3ccc(S(=O)(=O)N4CCCc5ccccc54)cc3)o2)cc1C. The quantitative estimate of drug-likeness (QED) is 0.411. The van der Waals surface area contributed by atoms with Gasteiger partial charge in [-0.05, 0) is 79.3 Å². The number of amides is 1. The first-order valence-electron chi connectivity index (χ1n) is 11.7. The third-order valence-electron chi connectivity index (χ3n) is 6.39. The number of sulfonamides is 1. The number of para-hydroxylation sites is 1. The summed E-state index contributed by atoms with van der Waals surface area (Å²) in [7, 11) is -3.75. The van der Waals surface area contributed by atoms with Gasteiger partial charge in [0.25, 0.3) is 15.9 Å². The van der Waals surface area contributed by atoms with Crippen LogP contribution in [0.5, 0.6) is 0 Å². The van der Waals surface area contributed by atoms with E-state index in [4.69, 9.17) is 4.42 Å². The van der Waals surface area contributed by atoms with E-state index in [1.807, 2.05) is 50.2 Å². The summed E-state index contributed by atoms with van der Waals surface area (Å²) in [6, 6.07) is 19.5. The number of aryl methyl sites for hydroxylation is 3. The van der Waals surface area contributed by atoms with E-state index in [9.17, 15) is 13.2 Å². The van der Waals surface area contributed by atoms with Gasteiger partial charge >= 0.3 is 6.01 Å². The van der Waals surface area contributed by atoms with Crippen LogP contribution < -0.4 is 9.62 Å². The highest BCUT2D eigenvalue weighted by Gasteiger charge is 2.29. The third kappa shape index (κ3) is 4.74. The van der Waals surface area contributed by atoms with E-state index in [1.54, 1.807) is 0 Å². The maximum Gasteiger partial charge on any atom is 0.322 e. The lowest BCUT2D eigenvalue weighted by atomic mass is 10.0. The van der Waals surface area contributed by atoms with E-state index in [0.717, 1.165) is 24.0 Å². The molecule has 1 amide bonds. The summed E-state index contributed by atoms with van der Waals surface area (Å²) < 4.78 is 33.6. The van der Waals surface area contributed by atoms with Crippen molar-refractivity contribution in [1.82, 2.24) is 10.2 Å². The normalized spacial score (nSPS) is 13.3. The van der Waals surface area contributed by atoms with Gasteiger partial charge in [-0.1, -0.05) is 41.5 Å². The molecule has 0 bridgehead atoms. The van der Waals surface area contributed by atoms with Gasteiger partial charge in [-0.15, -0.1) is 5.10 Å². The van der Waals surface area contributed by atoms with Crippen molar-refractivity contribution in [3.8, 4) is 0 Å². The van der Waals surface area contributed by atoms with Crippen LogP contribution >= 0.6 is 0 Å². The van der Waals surface area contributed by atoms with Crippen LogP contribution in [0.4, 0.5) is 11.7 Å². The second-order valence-electron chi connectivity index (χ2n) is 8.88. The Labute approximate surface area is 210 Å². The molecule has 9 heteroatoms. The summed E-state index contributed by atoms with van der Waals surface area (Å²) in [6.45, 7) is 4.51. The van der Waals surface area contributed by atoms with Crippen LogP contribution in [0.3, 0.4) is 0 Å². The number of aromatic nitrogens is 2. The lowest BCUT2D eigenvalue weighted by Gasteiger charge is -2.30. The standard InChI is InChI=1S/C27H26N4O4S/c1-18-9-10-20(16-19(18)2)17-25-29-30-27(35-25)28-26(32)22-11-13-23(14-12-22)36(33,34)31-15-5-7-21-6-3-4-8-24(21)31/h3-4,6,8-14,16H,5,7,15,17H2,1-2H3,(H,28,30,32). The lowest BCUT2D eigenvalue weighted by Crippen LogP contribution is -2.35. The number of nitrogens with zero attached hydrogens (tertiary/aromatic N) is 3. The van der Waals surface area contributed by atoms with E-state index in [1.165, 1.54) is 39.7 Å². The molecule has 184 valence electrons. The predicted molar refractivity (Wildman–Crippen MR) is 137 cm³/mol. The van der Waals surface area contributed by atoms with Crippen molar-refractivity contribution in [3.63, 3.8) is 0 Å². The van der Waals surface area contributed by atoms with Crippen molar-refractivity contribution in [2.45, 2.75) is 38.0 Å². The maximum absolute atomic E-state index is 13.3. The van der Waals surface area contributed by atoms with Crippen LogP contribution in [0.25, 0.3) is 0 Å². The molecule has 3 aromatic carbocycles. The minimum absolute atomic E-state index is 0.0135. The highest BCUT2D eigenvalue weighted by atomic mass is 32.2. The minimum Gasteiger partial charge on any atom is -0.407 e. The number of rotatable bonds is 6. The molecular formula is C27H26N4O4S. The number of nitrogens with one attached hydrogen (secondary N) is 1. The Kier molecular flexibility index (Phi) is 6.32. The molecule has 0 aliphatic carbocycles. The second-order valence-corrected chi connectivity index (χ2v) is 10.7. The molecule has 8 nitrogen and oxygen atoms in total. The molecule has 0 fully saturated rings. The van der Waals surface area contributed by atoms with E-state index in [2.05, 4.69) is 21.6 Å². The number of carbonyl (C=O) groups is 1.